The molecule has 5 rings (SSSR count). The Morgan fingerprint density at radius 2 is 1.62 bits per heavy atom. The lowest BCUT2D eigenvalue weighted by Crippen LogP contribution is -2.57. The van der Waals surface area contributed by atoms with Gasteiger partial charge in [0.1, 0.15) is 0 Å². The summed E-state index contributed by atoms with van der Waals surface area (Å²) in [5.74, 6) is 2.85. The maximum absolute atomic E-state index is 13.2. The molecule has 9 heteroatoms. The van der Waals surface area contributed by atoms with Crippen LogP contribution in [0.15, 0.2) is 47.6 Å². The van der Waals surface area contributed by atoms with Gasteiger partial charge in [-0.3, -0.25) is 20.1 Å². The predicted octanol–water partition coefficient (Wildman–Crippen LogP) is 4.43. The van der Waals surface area contributed by atoms with Crippen LogP contribution >= 0.6 is 0 Å². The van der Waals surface area contributed by atoms with E-state index in [4.69, 9.17) is 9.47 Å². The van der Waals surface area contributed by atoms with Gasteiger partial charge in [0, 0.05) is 56.7 Å². The summed E-state index contributed by atoms with van der Waals surface area (Å²) in [6.45, 7) is 6.93. The molecular formula is C31H42N6O3. The molecule has 1 saturated carbocycles. The number of nitrogens with one attached hydrogen (secondary N) is 2. The zero-order valence-corrected chi connectivity index (χ0v) is 24.2. The van der Waals surface area contributed by atoms with Crippen molar-refractivity contribution < 1.29 is 14.3 Å². The number of piperazine rings is 1. The van der Waals surface area contributed by atoms with E-state index in [0.29, 0.717) is 29.6 Å². The molecule has 0 unspecified atom stereocenters. The summed E-state index contributed by atoms with van der Waals surface area (Å²) in [5.41, 5.74) is 6.96. The summed E-state index contributed by atoms with van der Waals surface area (Å²) in [6.07, 6.45) is 9.14. The summed E-state index contributed by atoms with van der Waals surface area (Å²) in [7, 11) is 5.01. The van der Waals surface area contributed by atoms with Crippen molar-refractivity contribution in [2.45, 2.75) is 45.2 Å². The Balaban J connectivity index is 1.13. The number of benzene rings is 2. The summed E-state index contributed by atoms with van der Waals surface area (Å²) in [6, 6.07) is 12.1. The van der Waals surface area contributed by atoms with Gasteiger partial charge in [-0.15, -0.1) is 0 Å². The largest absolute Gasteiger partial charge is 0.493 e. The zero-order chi connectivity index (χ0) is 28.1. The van der Waals surface area contributed by atoms with Gasteiger partial charge < -0.3 is 19.7 Å². The molecule has 214 valence electrons. The van der Waals surface area contributed by atoms with Gasteiger partial charge >= 0.3 is 0 Å². The lowest BCUT2D eigenvalue weighted by Gasteiger charge is -2.41. The number of nitrogens with zero attached hydrogens (tertiary/aromatic N) is 4. The Labute approximate surface area is 237 Å². The second-order valence-corrected chi connectivity index (χ2v) is 11.0. The van der Waals surface area contributed by atoms with Crippen molar-refractivity contribution in [1.29, 1.82) is 0 Å². The molecule has 1 amide bonds. The van der Waals surface area contributed by atoms with E-state index in [1.807, 2.05) is 48.7 Å². The second-order valence-electron chi connectivity index (χ2n) is 11.0. The number of carbonyl (C=O) groups is 1. The minimum atomic E-state index is -0.0592. The number of hydrogen-bond acceptors (Lipinski definition) is 6. The molecule has 3 aliphatic rings. The molecule has 0 aromatic heterocycles. The average molecular weight is 547 g/mol. The van der Waals surface area contributed by atoms with Crippen molar-refractivity contribution in [3.05, 3.63) is 59.3 Å². The first-order valence-electron chi connectivity index (χ1n) is 14.3. The Morgan fingerprint density at radius 3 is 2.27 bits per heavy atom. The van der Waals surface area contributed by atoms with Crippen LogP contribution in [0.2, 0.25) is 0 Å². The van der Waals surface area contributed by atoms with Gasteiger partial charge in [-0.1, -0.05) is 6.92 Å². The second kappa shape index (κ2) is 12.7. The molecule has 2 heterocycles. The minimum absolute atomic E-state index is 0.0592. The zero-order valence-electron chi connectivity index (χ0n) is 24.2. The number of hydrazine groups is 1. The van der Waals surface area contributed by atoms with Crippen molar-refractivity contribution in [3.63, 3.8) is 0 Å². The van der Waals surface area contributed by atoms with Gasteiger partial charge in [0.25, 0.3) is 5.91 Å². The van der Waals surface area contributed by atoms with Crippen LogP contribution in [-0.4, -0.2) is 80.2 Å². The summed E-state index contributed by atoms with van der Waals surface area (Å²) in [4.78, 5) is 22.0. The molecule has 2 fully saturated rings. The number of rotatable bonds is 6. The SMILES string of the molecule is CN=C(Nc1ccc(C(=O)N2C=Cc3cc(OC)c(OC)cc3C2)cc1)NN1CCN(C2CCC(C)CC2)CC1. The number of aliphatic imine (C=N–C) groups is 1. The van der Waals surface area contributed by atoms with E-state index >= 15 is 0 Å². The number of carbonyl (C=O) groups excluding carboxylic acids is 1. The number of amides is 1. The number of anilines is 1. The van der Waals surface area contributed by atoms with E-state index in [0.717, 1.165) is 55.0 Å². The van der Waals surface area contributed by atoms with E-state index in [1.165, 1.54) is 25.7 Å². The third-order valence-electron chi connectivity index (χ3n) is 8.38. The Bertz CT molecular complexity index is 1230. The molecule has 2 aromatic rings. The first-order chi connectivity index (χ1) is 19.5. The van der Waals surface area contributed by atoms with Gasteiger partial charge in [0.15, 0.2) is 11.5 Å². The van der Waals surface area contributed by atoms with E-state index in [-0.39, 0.29) is 5.91 Å². The van der Waals surface area contributed by atoms with Gasteiger partial charge in [-0.2, -0.15) is 0 Å². The fourth-order valence-corrected chi connectivity index (χ4v) is 5.86. The number of guanidine groups is 1. The highest BCUT2D eigenvalue weighted by Gasteiger charge is 2.27. The standard InChI is InChI=1S/C31H42N6O3/c1-22-5-11-27(12-6-22)35-15-17-37(18-16-35)34-31(32-2)33-26-9-7-23(8-10-26)30(38)36-14-13-24-19-28(39-3)29(40-4)20-25(24)21-36/h7-10,13-14,19-20,22,27H,5-6,11-12,15-18,21H2,1-4H3,(H2,32,33,34). The molecule has 1 aliphatic carbocycles. The summed E-state index contributed by atoms with van der Waals surface area (Å²) >= 11 is 0. The van der Waals surface area contributed by atoms with E-state index in [2.05, 4.69) is 32.6 Å². The molecular weight excluding hydrogens is 504 g/mol. The lowest BCUT2D eigenvalue weighted by molar-refractivity contribution is 0.0602. The fourth-order valence-electron chi connectivity index (χ4n) is 5.86. The molecule has 0 spiro atoms. The van der Waals surface area contributed by atoms with Crippen molar-refractivity contribution in [2.24, 2.45) is 10.9 Å². The highest BCUT2D eigenvalue weighted by atomic mass is 16.5. The van der Waals surface area contributed by atoms with Crippen molar-refractivity contribution in [3.8, 4) is 11.5 Å². The third kappa shape index (κ3) is 6.42. The van der Waals surface area contributed by atoms with E-state index in [1.54, 1.807) is 26.2 Å². The topological polar surface area (TPSA) is 81.7 Å². The molecule has 40 heavy (non-hydrogen) atoms. The van der Waals surface area contributed by atoms with Crippen LogP contribution in [0.5, 0.6) is 11.5 Å². The molecule has 0 atom stereocenters. The molecule has 2 aliphatic heterocycles. The normalized spacial score (nSPS) is 22.0. The number of methoxy groups -OCH3 is 2. The summed E-state index contributed by atoms with van der Waals surface area (Å²) in [5, 5.41) is 5.59. The smallest absolute Gasteiger partial charge is 0.258 e. The van der Waals surface area contributed by atoms with E-state index in [9.17, 15) is 4.79 Å². The van der Waals surface area contributed by atoms with Crippen LogP contribution in [0, 0.1) is 5.92 Å². The minimum Gasteiger partial charge on any atom is -0.493 e. The van der Waals surface area contributed by atoms with Crippen LogP contribution in [-0.2, 0) is 6.54 Å². The van der Waals surface area contributed by atoms with Crippen LogP contribution in [0.1, 0.15) is 54.1 Å². The van der Waals surface area contributed by atoms with Gasteiger partial charge in [0.05, 0.1) is 20.8 Å². The van der Waals surface area contributed by atoms with Gasteiger partial charge in [-0.25, -0.2) is 5.01 Å². The number of fused-ring (bicyclic) bond motifs is 1. The van der Waals surface area contributed by atoms with Gasteiger partial charge in [-0.05, 0) is 85.2 Å². The molecule has 0 radical (unpaired) electrons. The highest BCUT2D eigenvalue weighted by molar-refractivity contribution is 5.97. The van der Waals surface area contributed by atoms with Crippen LogP contribution < -0.4 is 20.2 Å². The lowest BCUT2D eigenvalue weighted by atomic mass is 9.86. The molecule has 0 bridgehead atoms. The van der Waals surface area contributed by atoms with Gasteiger partial charge in [0.2, 0.25) is 5.96 Å². The Morgan fingerprint density at radius 1 is 0.950 bits per heavy atom. The molecule has 2 aromatic carbocycles. The Kier molecular flexibility index (Phi) is 8.91. The molecule has 1 saturated heterocycles. The first-order valence-corrected chi connectivity index (χ1v) is 14.3. The monoisotopic (exact) mass is 546 g/mol. The van der Waals surface area contributed by atoms with Crippen molar-refractivity contribution in [1.82, 2.24) is 20.2 Å². The highest BCUT2D eigenvalue weighted by Crippen LogP contribution is 2.34. The summed E-state index contributed by atoms with van der Waals surface area (Å²) < 4.78 is 10.8. The number of ether oxygens (including phenoxy) is 2. The third-order valence-corrected chi connectivity index (χ3v) is 8.38. The van der Waals surface area contributed by atoms with Crippen molar-refractivity contribution >= 4 is 23.6 Å². The van der Waals surface area contributed by atoms with Crippen LogP contribution in [0.25, 0.3) is 6.08 Å². The van der Waals surface area contributed by atoms with Crippen molar-refractivity contribution in [2.75, 3.05) is 52.8 Å². The maximum Gasteiger partial charge on any atom is 0.258 e. The van der Waals surface area contributed by atoms with Crippen LogP contribution in [0.4, 0.5) is 5.69 Å². The fraction of sp³-hybridized carbons (Fsp3) is 0.484. The Hall–Kier alpha value is -3.56. The van der Waals surface area contributed by atoms with Crippen LogP contribution in [0.3, 0.4) is 0 Å². The van der Waals surface area contributed by atoms with E-state index < -0.39 is 0 Å². The molecule has 2 N–H and O–H groups in total. The average Bonchev–Trinajstić information content (AvgIpc) is 3.00. The molecule has 9 nitrogen and oxygen atoms in total. The number of hydrogen-bond donors (Lipinski definition) is 2. The maximum atomic E-state index is 13.2. The first kappa shape index (κ1) is 28.0. The quantitative estimate of drug-likeness (QED) is 0.410. The predicted molar refractivity (Wildman–Crippen MR) is 160 cm³/mol.